The number of methoxy groups -OCH3 is 1. The average molecular weight is 326 g/mol. The quantitative estimate of drug-likeness (QED) is 0.507. The highest BCUT2D eigenvalue weighted by Gasteiger charge is 2.32. The molecule has 0 radical (unpaired) electrons. The molecule has 0 saturated heterocycles. The minimum atomic E-state index is -0.0493. The van der Waals surface area contributed by atoms with E-state index in [-0.39, 0.29) is 6.04 Å². The van der Waals surface area contributed by atoms with Crippen molar-refractivity contribution in [2.75, 3.05) is 32.2 Å². The van der Waals surface area contributed by atoms with Crippen molar-refractivity contribution in [1.82, 2.24) is 10.4 Å². The van der Waals surface area contributed by atoms with Crippen molar-refractivity contribution in [2.24, 2.45) is 5.10 Å². The van der Waals surface area contributed by atoms with Crippen LogP contribution in [0.15, 0.2) is 17.4 Å². The van der Waals surface area contributed by atoms with E-state index in [1.165, 1.54) is 0 Å². The molecular formula is C15H24ClN5O. The zero-order valence-corrected chi connectivity index (χ0v) is 14.5. The topological polar surface area (TPSA) is 73.6 Å². The van der Waals surface area contributed by atoms with E-state index < -0.39 is 0 Å². The summed E-state index contributed by atoms with van der Waals surface area (Å²) in [4.78, 5) is 6.06. The fourth-order valence-electron chi connectivity index (χ4n) is 2.13. The number of hydrogen-bond donors (Lipinski definition) is 2. The Kier molecular flexibility index (Phi) is 7.27. The molecule has 0 saturated carbocycles. The van der Waals surface area contributed by atoms with Crippen LogP contribution in [0.25, 0.3) is 0 Å². The fourth-order valence-corrected chi connectivity index (χ4v) is 2.42. The maximum absolute atomic E-state index is 8.31. The Hall–Kier alpha value is -1.66. The summed E-state index contributed by atoms with van der Waals surface area (Å²) >= 11 is 6.14. The van der Waals surface area contributed by atoms with E-state index in [2.05, 4.69) is 15.5 Å². The number of nitrogens with one attached hydrogen (secondary N) is 2. The van der Waals surface area contributed by atoms with Crippen molar-refractivity contribution in [1.29, 1.82) is 5.41 Å². The monoisotopic (exact) mass is 325 g/mol. The molecule has 2 rings (SSSR count). The third-order valence-corrected chi connectivity index (χ3v) is 3.63. The van der Waals surface area contributed by atoms with Crippen LogP contribution in [0.3, 0.4) is 0 Å². The van der Waals surface area contributed by atoms with E-state index in [1.54, 1.807) is 19.4 Å². The molecule has 1 aliphatic heterocycles. The molecule has 1 unspecified atom stereocenters. The standard InChI is InChI=1S/C13H18ClN5O.C2H6/c1-8-11(18-17-6-7-20-3)10(15)9-4-5-16-13(14)12(9)19(8)2;1-2/h4-5,8,15,17H,6-7H2,1-3H3;1-2H3/b15-10?,18-11-;. The summed E-state index contributed by atoms with van der Waals surface area (Å²) in [6.45, 7) is 7.16. The molecule has 0 amide bonds. The number of rotatable bonds is 4. The van der Waals surface area contributed by atoms with E-state index >= 15 is 0 Å². The first-order chi connectivity index (χ1) is 10.6. The van der Waals surface area contributed by atoms with Gasteiger partial charge in [0.2, 0.25) is 0 Å². The van der Waals surface area contributed by atoms with Gasteiger partial charge in [-0.1, -0.05) is 25.4 Å². The molecule has 0 spiro atoms. The Morgan fingerprint density at radius 3 is 2.82 bits per heavy atom. The maximum Gasteiger partial charge on any atom is 0.152 e. The molecular weight excluding hydrogens is 302 g/mol. The number of halogens is 1. The molecule has 0 aromatic carbocycles. The van der Waals surface area contributed by atoms with Gasteiger partial charge in [-0.25, -0.2) is 4.98 Å². The molecule has 1 aromatic rings. The Morgan fingerprint density at radius 2 is 2.18 bits per heavy atom. The number of ether oxygens (including phenoxy) is 1. The summed E-state index contributed by atoms with van der Waals surface area (Å²) in [6.07, 6.45) is 1.61. The molecule has 7 heteroatoms. The minimum absolute atomic E-state index is 0.0493. The van der Waals surface area contributed by atoms with E-state index in [0.717, 1.165) is 11.3 Å². The summed E-state index contributed by atoms with van der Waals surface area (Å²) in [5.41, 5.74) is 5.51. The van der Waals surface area contributed by atoms with Crippen LogP contribution in [0.4, 0.5) is 5.69 Å². The number of nitrogens with zero attached hydrogens (tertiary/aromatic N) is 3. The lowest BCUT2D eigenvalue weighted by atomic mass is 9.94. The van der Waals surface area contributed by atoms with Crippen LogP contribution < -0.4 is 10.3 Å². The zero-order chi connectivity index (χ0) is 16.7. The number of fused-ring (bicyclic) bond motifs is 1. The van der Waals surface area contributed by atoms with Gasteiger partial charge in [-0.3, -0.25) is 5.41 Å². The van der Waals surface area contributed by atoms with Gasteiger partial charge in [0.05, 0.1) is 30.6 Å². The molecule has 2 heterocycles. The first-order valence-corrected chi connectivity index (χ1v) is 7.71. The van der Waals surface area contributed by atoms with Gasteiger partial charge >= 0.3 is 0 Å². The first kappa shape index (κ1) is 18.4. The van der Waals surface area contributed by atoms with Gasteiger partial charge in [0.25, 0.3) is 0 Å². The molecule has 122 valence electrons. The smallest absolute Gasteiger partial charge is 0.152 e. The van der Waals surface area contributed by atoms with Crippen molar-refractivity contribution in [3.63, 3.8) is 0 Å². The lowest BCUT2D eigenvalue weighted by molar-refractivity contribution is 0.200. The molecule has 1 aliphatic rings. The van der Waals surface area contributed by atoms with Gasteiger partial charge in [0.15, 0.2) is 5.15 Å². The summed E-state index contributed by atoms with van der Waals surface area (Å²) < 4.78 is 4.96. The lowest BCUT2D eigenvalue weighted by Crippen LogP contribution is -2.46. The van der Waals surface area contributed by atoms with Crippen LogP contribution >= 0.6 is 11.6 Å². The molecule has 1 aromatic heterocycles. The van der Waals surface area contributed by atoms with Crippen LogP contribution in [-0.2, 0) is 4.74 Å². The number of hydrazone groups is 1. The van der Waals surface area contributed by atoms with E-state index in [1.807, 2.05) is 32.7 Å². The van der Waals surface area contributed by atoms with Gasteiger partial charge < -0.3 is 15.1 Å². The average Bonchev–Trinajstić information content (AvgIpc) is 2.54. The van der Waals surface area contributed by atoms with Crippen molar-refractivity contribution in [2.45, 2.75) is 26.8 Å². The predicted molar refractivity (Wildman–Crippen MR) is 92.6 cm³/mol. The van der Waals surface area contributed by atoms with Gasteiger partial charge in [-0.05, 0) is 13.0 Å². The van der Waals surface area contributed by atoms with Crippen molar-refractivity contribution >= 4 is 28.7 Å². The fraction of sp³-hybridized carbons (Fsp3) is 0.533. The minimum Gasteiger partial charge on any atom is -0.383 e. The Morgan fingerprint density at radius 1 is 1.50 bits per heavy atom. The summed E-state index contributed by atoms with van der Waals surface area (Å²) in [5.74, 6) is 0. The van der Waals surface area contributed by atoms with Gasteiger partial charge in [-0.2, -0.15) is 5.10 Å². The molecule has 0 aliphatic carbocycles. The summed E-state index contributed by atoms with van der Waals surface area (Å²) in [5, 5.41) is 13.0. The number of aromatic nitrogens is 1. The lowest BCUT2D eigenvalue weighted by Gasteiger charge is -2.35. The van der Waals surface area contributed by atoms with Crippen LogP contribution in [-0.4, -0.2) is 49.8 Å². The van der Waals surface area contributed by atoms with E-state index in [0.29, 0.717) is 29.7 Å². The molecule has 1 atom stereocenters. The third kappa shape index (κ3) is 3.75. The van der Waals surface area contributed by atoms with Crippen molar-refractivity contribution < 1.29 is 4.74 Å². The number of pyridine rings is 1. The molecule has 0 fully saturated rings. The largest absolute Gasteiger partial charge is 0.383 e. The summed E-state index contributed by atoms with van der Waals surface area (Å²) in [6, 6.07) is 1.74. The first-order valence-electron chi connectivity index (χ1n) is 7.34. The van der Waals surface area contributed by atoms with Gasteiger partial charge in [0, 0.05) is 25.9 Å². The Bertz CT molecular complexity index is 547. The third-order valence-electron chi connectivity index (χ3n) is 3.35. The number of anilines is 1. The zero-order valence-electron chi connectivity index (χ0n) is 13.8. The second-order valence-corrected chi connectivity index (χ2v) is 4.92. The van der Waals surface area contributed by atoms with E-state index in [9.17, 15) is 0 Å². The normalized spacial score (nSPS) is 18.6. The van der Waals surface area contributed by atoms with Gasteiger partial charge in [-0.15, -0.1) is 0 Å². The second kappa shape index (κ2) is 8.70. The van der Waals surface area contributed by atoms with Gasteiger partial charge in [0.1, 0.15) is 5.71 Å². The van der Waals surface area contributed by atoms with Crippen LogP contribution in [0.5, 0.6) is 0 Å². The van der Waals surface area contributed by atoms with Crippen LogP contribution in [0.1, 0.15) is 26.3 Å². The van der Waals surface area contributed by atoms with E-state index in [4.69, 9.17) is 21.7 Å². The highest BCUT2D eigenvalue weighted by Crippen LogP contribution is 2.33. The maximum atomic E-state index is 8.31. The van der Waals surface area contributed by atoms with Crippen molar-refractivity contribution in [3.8, 4) is 0 Å². The second-order valence-electron chi connectivity index (χ2n) is 4.56. The molecule has 0 bridgehead atoms. The molecule has 22 heavy (non-hydrogen) atoms. The van der Waals surface area contributed by atoms with Crippen LogP contribution in [0.2, 0.25) is 5.15 Å². The summed E-state index contributed by atoms with van der Waals surface area (Å²) in [7, 11) is 3.56. The molecule has 6 nitrogen and oxygen atoms in total. The Labute approximate surface area is 137 Å². The Balaban J connectivity index is 0.00000116. The number of hydrogen-bond acceptors (Lipinski definition) is 6. The highest BCUT2D eigenvalue weighted by atomic mass is 35.5. The van der Waals surface area contributed by atoms with Crippen molar-refractivity contribution in [3.05, 3.63) is 23.0 Å². The van der Waals surface area contributed by atoms with Crippen LogP contribution in [0, 0.1) is 5.41 Å². The highest BCUT2D eigenvalue weighted by molar-refractivity contribution is 6.52. The predicted octanol–water partition coefficient (Wildman–Crippen LogP) is 2.56. The molecule has 2 N–H and O–H groups in total. The SMILES string of the molecule is CC.COCCN/N=C1\C(=N)c2ccnc(Cl)c2N(C)C1C.